The van der Waals surface area contributed by atoms with Crippen molar-refractivity contribution in [1.29, 1.82) is 0 Å². The number of H-pyrrole nitrogens is 2. The predicted octanol–water partition coefficient (Wildman–Crippen LogP) is 2.41. The van der Waals surface area contributed by atoms with Gasteiger partial charge in [0.05, 0.1) is 16.4 Å². The fourth-order valence-electron chi connectivity index (χ4n) is 4.27. The Labute approximate surface area is 176 Å². The van der Waals surface area contributed by atoms with E-state index in [1.54, 1.807) is 18.2 Å². The highest BCUT2D eigenvalue weighted by molar-refractivity contribution is 5.77. The Morgan fingerprint density at radius 2 is 1.97 bits per heavy atom. The Hall–Kier alpha value is -3.72. The molecule has 0 saturated carbocycles. The topological polar surface area (TPSA) is 138 Å². The number of nitro benzene ring substituents is 1. The summed E-state index contributed by atoms with van der Waals surface area (Å²) in [7, 11) is 0. The highest BCUT2D eigenvalue weighted by Crippen LogP contribution is 2.45. The molecule has 0 spiro atoms. The molecular weight excluding hydrogens is 402 g/mol. The van der Waals surface area contributed by atoms with Gasteiger partial charge in [-0.15, -0.1) is 0 Å². The molecule has 0 unspecified atom stereocenters. The van der Waals surface area contributed by atoms with Gasteiger partial charge < -0.3 is 14.9 Å². The minimum atomic E-state index is -1.55. The van der Waals surface area contributed by atoms with Crippen molar-refractivity contribution in [2.45, 2.75) is 31.5 Å². The molecular formula is C22H21N3O6. The van der Waals surface area contributed by atoms with Gasteiger partial charge in [-0.25, -0.2) is 0 Å². The average Bonchev–Trinajstić information content (AvgIpc) is 3.10. The first-order chi connectivity index (χ1) is 14.8. The lowest BCUT2D eigenvalue weighted by Gasteiger charge is -2.40. The molecule has 3 N–H and O–H groups in total. The second-order valence-corrected chi connectivity index (χ2v) is 7.91. The van der Waals surface area contributed by atoms with Gasteiger partial charge in [0, 0.05) is 35.7 Å². The summed E-state index contributed by atoms with van der Waals surface area (Å²) in [6, 6.07) is 14.8. The number of esters is 1. The summed E-state index contributed by atoms with van der Waals surface area (Å²) in [5.41, 5.74) is -0.287. The van der Waals surface area contributed by atoms with E-state index in [2.05, 4.69) is 10.2 Å². The van der Waals surface area contributed by atoms with Crippen molar-refractivity contribution in [2.75, 3.05) is 0 Å². The van der Waals surface area contributed by atoms with Gasteiger partial charge in [-0.1, -0.05) is 42.5 Å². The zero-order valence-electron chi connectivity index (χ0n) is 16.7. The summed E-state index contributed by atoms with van der Waals surface area (Å²) in [5, 5.41) is 27.7. The molecule has 0 bridgehead atoms. The Balaban J connectivity index is 1.77. The highest BCUT2D eigenvalue weighted by Gasteiger charge is 2.51. The van der Waals surface area contributed by atoms with Gasteiger partial charge in [-0.3, -0.25) is 24.8 Å². The highest BCUT2D eigenvalue weighted by atomic mass is 16.6. The quantitative estimate of drug-likeness (QED) is 0.327. The number of nitrogens with one attached hydrogen (secondary N) is 2. The first-order valence-electron chi connectivity index (χ1n) is 9.74. The number of non-ortho nitro benzene ring substituents is 1. The number of fused-ring (bicyclic) bond motifs is 1. The molecule has 0 aliphatic heterocycles. The van der Waals surface area contributed by atoms with E-state index in [0.29, 0.717) is 11.3 Å². The third kappa shape index (κ3) is 3.87. The lowest BCUT2D eigenvalue weighted by atomic mass is 9.66. The monoisotopic (exact) mass is 423 g/mol. The number of aliphatic hydroxyl groups is 1. The third-order valence-corrected chi connectivity index (χ3v) is 5.66. The van der Waals surface area contributed by atoms with Crippen LogP contribution in [0.3, 0.4) is 0 Å². The molecule has 1 aromatic heterocycles. The van der Waals surface area contributed by atoms with Crippen molar-refractivity contribution in [3.05, 3.63) is 97.4 Å². The Morgan fingerprint density at radius 3 is 2.68 bits per heavy atom. The smallest absolute Gasteiger partial charge is 0.313 e. The maximum absolute atomic E-state index is 13.2. The summed E-state index contributed by atoms with van der Waals surface area (Å²) in [4.78, 5) is 36.5. The molecule has 0 radical (unpaired) electrons. The van der Waals surface area contributed by atoms with Crippen LogP contribution in [0.1, 0.15) is 35.2 Å². The van der Waals surface area contributed by atoms with Gasteiger partial charge >= 0.3 is 5.97 Å². The SMILES string of the molecule is C[C@]1(O)Cc2[nH][nH]c(=O)c2[C@@H](c2cccc([N+](=O)[O-])c2)[C@@H]1C(=O)OCc1ccccc1. The van der Waals surface area contributed by atoms with Gasteiger partial charge in [0.15, 0.2) is 0 Å². The van der Waals surface area contributed by atoms with Crippen LogP contribution in [0.5, 0.6) is 0 Å². The zero-order chi connectivity index (χ0) is 22.2. The maximum Gasteiger partial charge on any atom is 0.313 e. The van der Waals surface area contributed by atoms with E-state index in [1.807, 2.05) is 18.2 Å². The minimum Gasteiger partial charge on any atom is -0.460 e. The average molecular weight is 423 g/mol. The summed E-state index contributed by atoms with van der Waals surface area (Å²) in [6.45, 7) is 1.50. The van der Waals surface area contributed by atoms with Gasteiger partial charge in [0.1, 0.15) is 6.61 Å². The van der Waals surface area contributed by atoms with E-state index in [4.69, 9.17) is 4.74 Å². The molecule has 9 nitrogen and oxygen atoms in total. The Morgan fingerprint density at radius 1 is 1.23 bits per heavy atom. The number of ether oxygens (including phenoxy) is 1. The van der Waals surface area contributed by atoms with Crippen LogP contribution >= 0.6 is 0 Å². The molecule has 0 fully saturated rings. The van der Waals surface area contributed by atoms with E-state index < -0.39 is 33.9 Å². The minimum absolute atomic E-state index is 0.00423. The molecule has 31 heavy (non-hydrogen) atoms. The molecule has 9 heteroatoms. The second-order valence-electron chi connectivity index (χ2n) is 7.91. The Bertz CT molecular complexity index is 1180. The number of benzene rings is 2. The first kappa shape index (κ1) is 20.5. The van der Waals surface area contributed by atoms with Crippen LogP contribution in [0.25, 0.3) is 0 Å². The van der Waals surface area contributed by atoms with Crippen molar-refractivity contribution >= 4 is 11.7 Å². The third-order valence-electron chi connectivity index (χ3n) is 5.66. The fourth-order valence-corrected chi connectivity index (χ4v) is 4.27. The zero-order valence-corrected chi connectivity index (χ0v) is 16.7. The van der Waals surface area contributed by atoms with E-state index in [0.717, 1.165) is 5.56 Å². The Kier molecular flexibility index (Phi) is 5.20. The molecule has 2 aromatic carbocycles. The number of aromatic nitrogens is 2. The molecule has 1 heterocycles. The van der Waals surface area contributed by atoms with E-state index in [1.165, 1.54) is 25.1 Å². The summed E-state index contributed by atoms with van der Waals surface area (Å²) >= 11 is 0. The number of rotatable bonds is 5. The van der Waals surface area contributed by atoms with Crippen molar-refractivity contribution in [3.63, 3.8) is 0 Å². The number of aromatic amines is 2. The molecule has 1 aliphatic carbocycles. The van der Waals surface area contributed by atoms with Crippen LogP contribution in [0.4, 0.5) is 5.69 Å². The van der Waals surface area contributed by atoms with Crippen LogP contribution in [-0.4, -0.2) is 31.8 Å². The summed E-state index contributed by atoms with van der Waals surface area (Å²) < 4.78 is 5.51. The molecule has 1 aliphatic rings. The van der Waals surface area contributed by atoms with Crippen molar-refractivity contribution < 1.29 is 19.6 Å². The number of nitro groups is 1. The summed E-state index contributed by atoms with van der Waals surface area (Å²) in [5.74, 6) is -2.74. The standard InChI is InChI=1S/C22H21N3O6/c1-22(28)11-16-18(20(26)24-23-16)17(14-8-5-9-15(10-14)25(29)30)19(22)21(27)31-12-13-6-3-2-4-7-13/h2-10,17,19,28H,11-12H2,1H3,(H2,23,24,26)/t17-,19-,22+/m1/s1. The van der Waals surface area contributed by atoms with E-state index in [9.17, 15) is 24.8 Å². The van der Waals surface area contributed by atoms with Crippen molar-refractivity contribution in [3.8, 4) is 0 Å². The van der Waals surface area contributed by atoms with E-state index in [-0.39, 0.29) is 24.3 Å². The van der Waals surface area contributed by atoms with Crippen LogP contribution in [0.2, 0.25) is 0 Å². The molecule has 3 aromatic rings. The number of hydrogen-bond donors (Lipinski definition) is 3. The predicted molar refractivity (Wildman–Crippen MR) is 110 cm³/mol. The maximum atomic E-state index is 13.2. The second kappa shape index (κ2) is 7.84. The molecule has 0 saturated heterocycles. The lowest BCUT2D eigenvalue weighted by molar-refractivity contribution is -0.384. The fraction of sp³-hybridized carbons (Fsp3) is 0.273. The van der Waals surface area contributed by atoms with Gasteiger partial charge in [-0.05, 0) is 18.1 Å². The van der Waals surface area contributed by atoms with Crippen LogP contribution in [0, 0.1) is 16.0 Å². The number of hydrogen-bond acceptors (Lipinski definition) is 6. The number of nitrogens with zero attached hydrogens (tertiary/aromatic N) is 1. The number of carbonyl (C=O) groups excluding carboxylic acids is 1. The molecule has 0 amide bonds. The van der Waals surface area contributed by atoms with Crippen molar-refractivity contribution in [2.24, 2.45) is 5.92 Å². The molecule has 4 rings (SSSR count). The van der Waals surface area contributed by atoms with Gasteiger partial charge in [-0.2, -0.15) is 0 Å². The first-order valence-corrected chi connectivity index (χ1v) is 9.74. The number of carbonyl (C=O) groups is 1. The normalized spacial score (nSPS) is 22.5. The van der Waals surface area contributed by atoms with Crippen LogP contribution in [-0.2, 0) is 22.6 Å². The molecule has 160 valence electrons. The van der Waals surface area contributed by atoms with E-state index >= 15 is 0 Å². The molecule has 3 atom stereocenters. The lowest BCUT2D eigenvalue weighted by Crippen LogP contribution is -2.50. The summed E-state index contributed by atoms with van der Waals surface area (Å²) in [6.07, 6.45) is 0.0254. The van der Waals surface area contributed by atoms with Crippen LogP contribution < -0.4 is 5.56 Å². The van der Waals surface area contributed by atoms with Crippen molar-refractivity contribution in [1.82, 2.24) is 10.2 Å². The van der Waals surface area contributed by atoms with Crippen LogP contribution in [0.15, 0.2) is 59.4 Å². The van der Waals surface area contributed by atoms with Gasteiger partial charge in [0.2, 0.25) is 0 Å². The van der Waals surface area contributed by atoms with Gasteiger partial charge in [0.25, 0.3) is 11.2 Å². The largest absolute Gasteiger partial charge is 0.460 e.